The first-order chi connectivity index (χ1) is 10.2. The maximum absolute atomic E-state index is 5.31. The van der Waals surface area contributed by atoms with E-state index < -0.39 is 0 Å². The lowest BCUT2D eigenvalue weighted by molar-refractivity contribution is 0.182. The molecule has 120 valence electrons. The fraction of sp³-hybridized carbons (Fsp3) is 0.812. The minimum absolute atomic E-state index is 0.370. The van der Waals surface area contributed by atoms with Crippen LogP contribution in [0.4, 0.5) is 5.13 Å². The summed E-state index contributed by atoms with van der Waals surface area (Å²) in [6, 6.07) is 0.824. The standard InChI is InChI=1S/C16H29N3OS/c1-5-10-17-13-8-7-9-14-15(13)18-16(21-14)19(6-2)12(3)11-20-4/h12-13,17H,5-11H2,1-4H3. The van der Waals surface area contributed by atoms with Crippen LogP contribution in [0, 0.1) is 0 Å². The second-order valence-corrected chi connectivity index (χ2v) is 6.86. The van der Waals surface area contributed by atoms with Crippen LogP contribution in [-0.4, -0.2) is 37.8 Å². The van der Waals surface area contributed by atoms with Gasteiger partial charge in [0.15, 0.2) is 5.13 Å². The van der Waals surface area contributed by atoms with Crippen LogP contribution in [0.2, 0.25) is 0 Å². The molecule has 0 spiro atoms. The Balaban J connectivity index is 2.17. The summed E-state index contributed by atoms with van der Waals surface area (Å²) in [6.07, 6.45) is 4.86. The number of hydrogen-bond acceptors (Lipinski definition) is 5. The quantitative estimate of drug-likeness (QED) is 0.798. The molecule has 2 rings (SSSR count). The molecule has 1 aromatic heterocycles. The molecule has 0 amide bonds. The maximum atomic E-state index is 5.31. The van der Waals surface area contributed by atoms with Gasteiger partial charge in [0.05, 0.1) is 24.4 Å². The average molecular weight is 311 g/mol. The zero-order valence-corrected chi connectivity index (χ0v) is 14.6. The second kappa shape index (κ2) is 8.11. The molecule has 1 aliphatic rings. The number of nitrogens with zero attached hydrogens (tertiary/aromatic N) is 2. The molecule has 0 bridgehead atoms. The Labute approximate surface area is 132 Å². The first-order valence-electron chi connectivity index (χ1n) is 8.19. The summed E-state index contributed by atoms with van der Waals surface area (Å²) < 4.78 is 5.31. The third kappa shape index (κ3) is 3.96. The number of thiazole rings is 1. The molecule has 1 heterocycles. The van der Waals surface area contributed by atoms with Crippen molar-refractivity contribution in [1.29, 1.82) is 0 Å². The first-order valence-corrected chi connectivity index (χ1v) is 9.01. The van der Waals surface area contributed by atoms with Crippen LogP contribution in [0.3, 0.4) is 0 Å². The van der Waals surface area contributed by atoms with Gasteiger partial charge >= 0.3 is 0 Å². The minimum atomic E-state index is 0.370. The minimum Gasteiger partial charge on any atom is -0.383 e. The van der Waals surface area contributed by atoms with E-state index in [0.717, 1.165) is 24.8 Å². The van der Waals surface area contributed by atoms with Gasteiger partial charge < -0.3 is 15.0 Å². The van der Waals surface area contributed by atoms with Crippen LogP contribution in [-0.2, 0) is 11.2 Å². The van der Waals surface area contributed by atoms with Crippen molar-refractivity contribution in [3.63, 3.8) is 0 Å². The SMILES string of the molecule is CCCNC1CCCc2sc(N(CC)C(C)COC)nc21. The Bertz CT molecular complexity index is 435. The van der Waals surface area contributed by atoms with E-state index in [9.17, 15) is 0 Å². The van der Waals surface area contributed by atoms with Crippen LogP contribution in [0.5, 0.6) is 0 Å². The fourth-order valence-corrected chi connectivity index (χ4v) is 4.34. The van der Waals surface area contributed by atoms with E-state index in [1.54, 1.807) is 7.11 Å². The number of nitrogens with one attached hydrogen (secondary N) is 1. The van der Waals surface area contributed by atoms with Crippen LogP contribution >= 0.6 is 11.3 Å². The smallest absolute Gasteiger partial charge is 0.186 e. The van der Waals surface area contributed by atoms with Crippen molar-refractivity contribution in [2.75, 3.05) is 31.7 Å². The molecule has 1 N–H and O–H groups in total. The highest BCUT2D eigenvalue weighted by atomic mass is 32.1. The number of rotatable bonds is 8. The number of hydrogen-bond donors (Lipinski definition) is 1. The summed E-state index contributed by atoms with van der Waals surface area (Å²) >= 11 is 1.88. The van der Waals surface area contributed by atoms with E-state index in [2.05, 4.69) is 31.0 Å². The van der Waals surface area contributed by atoms with Crippen LogP contribution in [0.25, 0.3) is 0 Å². The lowest BCUT2D eigenvalue weighted by Crippen LogP contribution is -2.36. The van der Waals surface area contributed by atoms with Gasteiger partial charge in [-0.2, -0.15) is 0 Å². The molecule has 21 heavy (non-hydrogen) atoms. The van der Waals surface area contributed by atoms with Crippen molar-refractivity contribution in [1.82, 2.24) is 10.3 Å². The molecule has 0 fully saturated rings. The van der Waals surface area contributed by atoms with Crippen molar-refractivity contribution in [2.45, 2.75) is 58.5 Å². The Morgan fingerprint density at radius 3 is 2.95 bits per heavy atom. The van der Waals surface area contributed by atoms with Gasteiger partial charge in [-0.15, -0.1) is 11.3 Å². The van der Waals surface area contributed by atoms with Crippen molar-refractivity contribution in [2.24, 2.45) is 0 Å². The average Bonchev–Trinajstić information content (AvgIpc) is 2.90. The molecule has 5 heteroatoms. The molecule has 2 unspecified atom stereocenters. The number of aromatic nitrogens is 1. The molecule has 4 nitrogen and oxygen atoms in total. The number of anilines is 1. The van der Waals surface area contributed by atoms with Gasteiger partial charge in [-0.1, -0.05) is 6.92 Å². The van der Waals surface area contributed by atoms with Crippen molar-refractivity contribution >= 4 is 16.5 Å². The Hall–Kier alpha value is -0.650. The van der Waals surface area contributed by atoms with E-state index in [4.69, 9.17) is 9.72 Å². The zero-order chi connectivity index (χ0) is 15.2. The third-order valence-corrected chi connectivity index (χ3v) is 5.28. The van der Waals surface area contributed by atoms with Gasteiger partial charge in [-0.25, -0.2) is 4.98 Å². The summed E-state index contributed by atoms with van der Waals surface area (Å²) in [5.41, 5.74) is 1.30. The lowest BCUT2D eigenvalue weighted by atomic mass is 9.97. The van der Waals surface area contributed by atoms with Gasteiger partial charge in [0.2, 0.25) is 0 Å². The second-order valence-electron chi connectivity index (χ2n) is 5.79. The molecular formula is C16H29N3OS. The van der Waals surface area contributed by atoms with Gasteiger partial charge in [0, 0.05) is 18.5 Å². The highest BCUT2D eigenvalue weighted by Gasteiger charge is 2.26. The number of aryl methyl sites for hydroxylation is 1. The monoisotopic (exact) mass is 311 g/mol. The molecule has 0 saturated carbocycles. The van der Waals surface area contributed by atoms with Gasteiger partial charge in [-0.3, -0.25) is 0 Å². The molecule has 1 aromatic rings. The normalized spacial score (nSPS) is 19.3. The molecule has 2 atom stereocenters. The van der Waals surface area contributed by atoms with Crippen molar-refractivity contribution < 1.29 is 4.74 Å². The van der Waals surface area contributed by atoms with E-state index in [1.807, 2.05) is 11.3 Å². The highest BCUT2D eigenvalue weighted by molar-refractivity contribution is 7.15. The van der Waals surface area contributed by atoms with Gasteiger partial charge in [0.1, 0.15) is 0 Å². The zero-order valence-electron chi connectivity index (χ0n) is 13.8. The van der Waals surface area contributed by atoms with E-state index in [1.165, 1.54) is 36.3 Å². The molecule has 0 radical (unpaired) electrons. The predicted octanol–water partition coefficient (Wildman–Crippen LogP) is 3.38. The van der Waals surface area contributed by atoms with Crippen LogP contribution < -0.4 is 10.2 Å². The molecular weight excluding hydrogens is 282 g/mol. The maximum Gasteiger partial charge on any atom is 0.186 e. The lowest BCUT2D eigenvalue weighted by Gasteiger charge is -2.27. The summed E-state index contributed by atoms with van der Waals surface area (Å²) in [5, 5.41) is 4.82. The molecule has 0 aliphatic heterocycles. The Morgan fingerprint density at radius 2 is 2.29 bits per heavy atom. The largest absolute Gasteiger partial charge is 0.383 e. The van der Waals surface area contributed by atoms with E-state index in [-0.39, 0.29) is 0 Å². The fourth-order valence-electron chi connectivity index (χ4n) is 3.01. The van der Waals surface area contributed by atoms with Crippen molar-refractivity contribution in [3.8, 4) is 0 Å². The summed E-state index contributed by atoms with van der Waals surface area (Å²) in [7, 11) is 1.77. The topological polar surface area (TPSA) is 37.4 Å². The third-order valence-electron chi connectivity index (χ3n) is 4.11. The van der Waals surface area contributed by atoms with Gasteiger partial charge in [0.25, 0.3) is 0 Å². The summed E-state index contributed by atoms with van der Waals surface area (Å²) in [4.78, 5) is 8.83. The Morgan fingerprint density at radius 1 is 1.48 bits per heavy atom. The first kappa shape index (κ1) is 16.7. The molecule has 0 saturated heterocycles. The number of methoxy groups -OCH3 is 1. The Kier molecular flexibility index (Phi) is 6.45. The van der Waals surface area contributed by atoms with E-state index in [0.29, 0.717) is 12.1 Å². The number of ether oxygens (including phenoxy) is 1. The summed E-state index contributed by atoms with van der Waals surface area (Å²) in [6.45, 7) is 9.42. The summed E-state index contributed by atoms with van der Waals surface area (Å²) in [5.74, 6) is 0. The van der Waals surface area contributed by atoms with Crippen LogP contribution in [0.1, 0.15) is 56.6 Å². The van der Waals surface area contributed by atoms with Crippen LogP contribution in [0.15, 0.2) is 0 Å². The number of likely N-dealkylation sites (N-methyl/N-ethyl adjacent to an activating group) is 1. The number of fused-ring (bicyclic) bond motifs is 1. The predicted molar refractivity (Wildman–Crippen MR) is 90.4 cm³/mol. The molecule has 1 aliphatic carbocycles. The highest BCUT2D eigenvalue weighted by Crippen LogP contribution is 2.37. The van der Waals surface area contributed by atoms with Gasteiger partial charge in [-0.05, 0) is 46.1 Å². The van der Waals surface area contributed by atoms with E-state index >= 15 is 0 Å². The van der Waals surface area contributed by atoms with Crippen molar-refractivity contribution in [3.05, 3.63) is 10.6 Å². The molecule has 0 aromatic carbocycles.